The van der Waals surface area contributed by atoms with E-state index in [1.165, 1.54) is 6.21 Å². The largest absolute Gasteiger partial charge is 0.493 e. The molecule has 0 bridgehead atoms. The number of pyridine rings is 2. The number of nitrogens with zero attached hydrogens (tertiary/aromatic N) is 2. The van der Waals surface area contributed by atoms with Crippen LogP contribution < -0.4 is 15.8 Å². The van der Waals surface area contributed by atoms with E-state index < -0.39 is 12.0 Å². The quantitative estimate of drug-likeness (QED) is 0.335. The molecule has 2 aromatic heterocycles. The Morgan fingerprint density at radius 3 is 2.68 bits per heavy atom. The van der Waals surface area contributed by atoms with Crippen molar-refractivity contribution in [3.63, 3.8) is 0 Å². The Kier molecular flexibility index (Phi) is 6.85. The van der Waals surface area contributed by atoms with Gasteiger partial charge in [-0.15, -0.1) is 0 Å². The summed E-state index contributed by atoms with van der Waals surface area (Å²) < 4.78 is 32.5. The van der Waals surface area contributed by atoms with Crippen LogP contribution in [0.15, 0.2) is 48.5 Å². The number of benzene rings is 1. The smallest absolute Gasteiger partial charge is 0.248 e. The van der Waals surface area contributed by atoms with E-state index in [4.69, 9.17) is 15.9 Å². The molecule has 9 heteroatoms. The standard InChI is InChI=1S/C25H27F2N5O2/c1-2-34-22-10-15(9-21(18(22)13-28)32-23-8-3-5-17(14-33)30-23)19-6-4-7-20(31-19)24(29)16-11-25(26,27)12-16/h3-10,13,16,24,28,33H,2,11-12,14,29H2,1H3,(H,30,32)/t24-/m0/s1. The Morgan fingerprint density at radius 2 is 2.00 bits per heavy atom. The molecule has 0 saturated heterocycles. The molecule has 1 fully saturated rings. The number of aliphatic hydroxyl groups excluding tert-OH is 1. The van der Waals surface area contributed by atoms with Gasteiger partial charge < -0.3 is 26.3 Å². The number of hydrogen-bond donors (Lipinski definition) is 4. The molecule has 3 aromatic rings. The number of aliphatic hydroxyl groups is 1. The molecule has 0 spiro atoms. The summed E-state index contributed by atoms with van der Waals surface area (Å²) >= 11 is 0. The fourth-order valence-corrected chi connectivity index (χ4v) is 4.08. The molecule has 7 nitrogen and oxygen atoms in total. The minimum absolute atomic E-state index is 0.193. The normalized spacial score (nSPS) is 15.9. The summed E-state index contributed by atoms with van der Waals surface area (Å²) in [5.74, 6) is -1.95. The second-order valence-corrected chi connectivity index (χ2v) is 8.31. The van der Waals surface area contributed by atoms with Crippen molar-refractivity contribution in [2.45, 2.75) is 38.3 Å². The van der Waals surface area contributed by atoms with Gasteiger partial charge in [0.25, 0.3) is 0 Å². The van der Waals surface area contributed by atoms with Crippen molar-refractivity contribution in [2.24, 2.45) is 11.7 Å². The highest BCUT2D eigenvalue weighted by Gasteiger charge is 2.48. The molecule has 5 N–H and O–H groups in total. The van der Waals surface area contributed by atoms with E-state index in [2.05, 4.69) is 15.3 Å². The predicted molar refractivity (Wildman–Crippen MR) is 127 cm³/mol. The lowest BCUT2D eigenvalue weighted by atomic mass is 9.75. The maximum absolute atomic E-state index is 13.3. The molecule has 178 valence electrons. The van der Waals surface area contributed by atoms with Crippen LogP contribution in [0.25, 0.3) is 11.3 Å². The number of nitrogens with one attached hydrogen (secondary N) is 2. The molecule has 0 aliphatic heterocycles. The van der Waals surface area contributed by atoms with Gasteiger partial charge in [-0.2, -0.15) is 0 Å². The molecular weight excluding hydrogens is 440 g/mol. The lowest BCUT2D eigenvalue weighted by Crippen LogP contribution is -2.41. The Balaban J connectivity index is 1.71. The van der Waals surface area contributed by atoms with Crippen LogP contribution in [0.4, 0.5) is 20.3 Å². The highest BCUT2D eigenvalue weighted by atomic mass is 19.3. The van der Waals surface area contributed by atoms with Crippen LogP contribution in [-0.2, 0) is 6.61 Å². The van der Waals surface area contributed by atoms with Crippen LogP contribution in [0.1, 0.15) is 42.8 Å². The molecule has 34 heavy (non-hydrogen) atoms. The van der Waals surface area contributed by atoms with Crippen LogP contribution >= 0.6 is 0 Å². The third-order valence-corrected chi connectivity index (χ3v) is 5.86. The monoisotopic (exact) mass is 467 g/mol. The third-order valence-electron chi connectivity index (χ3n) is 5.86. The maximum atomic E-state index is 13.3. The van der Waals surface area contributed by atoms with Crippen LogP contribution in [0.2, 0.25) is 0 Å². The van der Waals surface area contributed by atoms with Crippen molar-refractivity contribution < 1.29 is 18.6 Å². The summed E-state index contributed by atoms with van der Waals surface area (Å²) in [6.45, 7) is 2.06. The number of hydrogen-bond acceptors (Lipinski definition) is 7. The lowest BCUT2D eigenvalue weighted by Gasteiger charge is -2.38. The summed E-state index contributed by atoms with van der Waals surface area (Å²) in [6.07, 6.45) is 0.747. The summed E-state index contributed by atoms with van der Waals surface area (Å²) in [6, 6.07) is 13.7. The first-order valence-corrected chi connectivity index (χ1v) is 11.1. The molecule has 1 aliphatic carbocycles. The van der Waals surface area contributed by atoms with Crippen molar-refractivity contribution in [1.29, 1.82) is 5.41 Å². The van der Waals surface area contributed by atoms with Crippen molar-refractivity contribution in [3.05, 3.63) is 65.5 Å². The number of halogens is 2. The van der Waals surface area contributed by atoms with E-state index in [0.29, 0.717) is 52.1 Å². The van der Waals surface area contributed by atoms with E-state index in [1.54, 1.807) is 36.4 Å². The number of aromatic nitrogens is 2. The number of ether oxygens (including phenoxy) is 1. The number of alkyl halides is 2. The van der Waals surface area contributed by atoms with Gasteiger partial charge in [0, 0.05) is 24.6 Å². The predicted octanol–water partition coefficient (Wildman–Crippen LogP) is 4.82. The zero-order valence-corrected chi connectivity index (χ0v) is 18.8. The molecule has 1 aromatic carbocycles. The van der Waals surface area contributed by atoms with Crippen molar-refractivity contribution in [2.75, 3.05) is 11.9 Å². The van der Waals surface area contributed by atoms with Gasteiger partial charge in [-0.3, -0.25) is 4.98 Å². The van der Waals surface area contributed by atoms with Gasteiger partial charge in [0.1, 0.15) is 11.6 Å². The van der Waals surface area contributed by atoms with Crippen molar-refractivity contribution >= 4 is 17.7 Å². The zero-order valence-electron chi connectivity index (χ0n) is 18.8. The summed E-state index contributed by atoms with van der Waals surface area (Å²) in [5, 5.41) is 20.5. The molecule has 1 atom stereocenters. The van der Waals surface area contributed by atoms with Crippen LogP contribution in [-0.4, -0.2) is 33.8 Å². The molecule has 2 heterocycles. The first kappa shape index (κ1) is 23.7. The molecule has 1 aliphatic rings. The second kappa shape index (κ2) is 9.82. The summed E-state index contributed by atoms with van der Waals surface area (Å²) in [5.41, 5.74) is 9.75. The van der Waals surface area contributed by atoms with Crippen molar-refractivity contribution in [3.8, 4) is 17.0 Å². The van der Waals surface area contributed by atoms with Gasteiger partial charge in [0.05, 0.1) is 47.6 Å². The van der Waals surface area contributed by atoms with Gasteiger partial charge in [0.15, 0.2) is 0 Å². The highest BCUT2D eigenvalue weighted by Crippen LogP contribution is 2.47. The van der Waals surface area contributed by atoms with Gasteiger partial charge in [-0.25, -0.2) is 13.8 Å². The van der Waals surface area contributed by atoms with Gasteiger partial charge in [0.2, 0.25) is 5.92 Å². The first-order chi connectivity index (χ1) is 16.3. The Bertz CT molecular complexity index is 1180. The highest BCUT2D eigenvalue weighted by molar-refractivity contribution is 5.93. The number of rotatable bonds is 9. The molecule has 0 amide bonds. The fourth-order valence-electron chi connectivity index (χ4n) is 4.08. The zero-order chi connectivity index (χ0) is 24.3. The minimum atomic E-state index is -2.64. The number of nitrogens with two attached hydrogens (primary N) is 1. The third kappa shape index (κ3) is 5.05. The van der Waals surface area contributed by atoms with E-state index in [1.807, 2.05) is 19.1 Å². The average molecular weight is 468 g/mol. The molecule has 1 saturated carbocycles. The average Bonchev–Trinajstić information content (AvgIpc) is 2.82. The molecule has 4 rings (SSSR count). The number of anilines is 2. The van der Waals surface area contributed by atoms with Crippen LogP contribution in [0.5, 0.6) is 5.75 Å². The van der Waals surface area contributed by atoms with E-state index in [9.17, 15) is 13.9 Å². The molecule has 0 unspecified atom stereocenters. The summed E-state index contributed by atoms with van der Waals surface area (Å²) in [4.78, 5) is 9.02. The minimum Gasteiger partial charge on any atom is -0.493 e. The fraction of sp³-hybridized carbons (Fsp3) is 0.320. The summed E-state index contributed by atoms with van der Waals surface area (Å²) in [7, 11) is 0. The van der Waals surface area contributed by atoms with Crippen LogP contribution in [0, 0.1) is 11.3 Å². The Labute approximate surface area is 196 Å². The maximum Gasteiger partial charge on any atom is 0.248 e. The Morgan fingerprint density at radius 1 is 1.24 bits per heavy atom. The van der Waals surface area contributed by atoms with Gasteiger partial charge in [-0.1, -0.05) is 12.1 Å². The van der Waals surface area contributed by atoms with E-state index >= 15 is 0 Å². The van der Waals surface area contributed by atoms with Gasteiger partial charge >= 0.3 is 0 Å². The first-order valence-electron chi connectivity index (χ1n) is 11.1. The topological polar surface area (TPSA) is 117 Å². The van der Waals surface area contributed by atoms with E-state index in [0.717, 1.165) is 0 Å². The lowest BCUT2D eigenvalue weighted by molar-refractivity contribution is -0.117. The van der Waals surface area contributed by atoms with Crippen LogP contribution in [0.3, 0.4) is 0 Å². The molecule has 0 radical (unpaired) electrons. The van der Waals surface area contributed by atoms with Crippen molar-refractivity contribution in [1.82, 2.24) is 9.97 Å². The SMILES string of the molecule is CCOc1cc(-c2cccc([C@@H](N)C3CC(F)(F)C3)n2)cc(Nc2cccc(CO)n2)c1C=N. The van der Waals surface area contributed by atoms with Gasteiger partial charge in [-0.05, 0) is 49.2 Å². The second-order valence-electron chi connectivity index (χ2n) is 8.31. The Hall–Kier alpha value is -3.43. The molecular formula is C25H27F2N5O2. The van der Waals surface area contributed by atoms with E-state index in [-0.39, 0.29) is 25.4 Å².